The van der Waals surface area contributed by atoms with E-state index in [2.05, 4.69) is 0 Å². The second-order valence-electron chi connectivity index (χ2n) is 4.86. The minimum atomic E-state index is -1.12. The van der Waals surface area contributed by atoms with E-state index in [4.69, 9.17) is 18.9 Å². The topological polar surface area (TPSA) is 71.1 Å². The zero-order valence-corrected chi connectivity index (χ0v) is 12.9. The summed E-state index contributed by atoms with van der Waals surface area (Å²) >= 11 is 0. The van der Waals surface area contributed by atoms with Gasteiger partial charge in [-0.3, -0.25) is 0 Å². The van der Waals surface area contributed by atoms with E-state index < -0.39 is 30.4 Å². The summed E-state index contributed by atoms with van der Waals surface area (Å²) < 4.78 is 21.0. The first kappa shape index (κ1) is 16.5. The number of hydrogen-bond donors (Lipinski definition) is 0. The average Bonchev–Trinajstić information content (AvgIpc) is 2.94. The van der Waals surface area contributed by atoms with E-state index in [0.29, 0.717) is 0 Å². The molecule has 1 aliphatic rings. The summed E-state index contributed by atoms with van der Waals surface area (Å²) in [6, 6.07) is 7.46. The van der Waals surface area contributed by atoms with E-state index in [0.717, 1.165) is 11.1 Å². The molecule has 1 aliphatic heterocycles. The number of carbonyl (C=O) groups excluding carboxylic acids is 2. The van der Waals surface area contributed by atoms with Gasteiger partial charge in [0.05, 0.1) is 13.2 Å². The van der Waals surface area contributed by atoms with E-state index in [1.54, 1.807) is 13.8 Å². The van der Waals surface area contributed by atoms with Crippen molar-refractivity contribution in [2.75, 3.05) is 13.2 Å². The van der Waals surface area contributed by atoms with Gasteiger partial charge in [-0.1, -0.05) is 29.8 Å². The molecule has 2 rings (SSSR count). The second kappa shape index (κ2) is 7.38. The maximum Gasteiger partial charge on any atom is 0.338 e. The van der Waals surface area contributed by atoms with Gasteiger partial charge in [-0.15, -0.1) is 0 Å². The maximum atomic E-state index is 12.0. The van der Waals surface area contributed by atoms with Crippen LogP contribution in [0.2, 0.25) is 0 Å². The van der Waals surface area contributed by atoms with Gasteiger partial charge in [0.1, 0.15) is 0 Å². The van der Waals surface area contributed by atoms with Crippen LogP contribution in [0.5, 0.6) is 0 Å². The van der Waals surface area contributed by atoms with Crippen molar-refractivity contribution < 1.29 is 28.5 Å². The number of esters is 2. The Labute approximate surface area is 129 Å². The number of aryl methyl sites for hydroxylation is 1. The first-order valence-electron chi connectivity index (χ1n) is 7.27. The van der Waals surface area contributed by atoms with Gasteiger partial charge in [0.2, 0.25) is 0 Å². The Bertz CT molecular complexity index is 498. The van der Waals surface area contributed by atoms with Crippen LogP contribution in [0.1, 0.15) is 31.3 Å². The van der Waals surface area contributed by atoms with Crippen LogP contribution in [0.25, 0.3) is 0 Å². The lowest BCUT2D eigenvalue weighted by molar-refractivity contribution is -0.163. The van der Waals surface area contributed by atoms with Crippen LogP contribution in [0.15, 0.2) is 24.3 Å². The largest absolute Gasteiger partial charge is 0.464 e. The zero-order valence-electron chi connectivity index (χ0n) is 12.9. The molecule has 1 heterocycles. The van der Waals surface area contributed by atoms with Gasteiger partial charge in [0.25, 0.3) is 0 Å². The third-order valence-electron chi connectivity index (χ3n) is 3.20. The SMILES string of the molecule is CCOC(=O)C1OC(c2ccc(C)cc2)OC1C(=O)OCC. The Morgan fingerprint density at radius 1 is 0.955 bits per heavy atom. The quantitative estimate of drug-likeness (QED) is 0.774. The number of benzene rings is 1. The summed E-state index contributed by atoms with van der Waals surface area (Å²) in [6.45, 7) is 5.73. The lowest BCUT2D eigenvalue weighted by Gasteiger charge is -2.13. The van der Waals surface area contributed by atoms with E-state index in [1.807, 2.05) is 31.2 Å². The molecular weight excluding hydrogens is 288 g/mol. The lowest BCUT2D eigenvalue weighted by Crippen LogP contribution is -2.39. The molecule has 1 aromatic carbocycles. The predicted molar refractivity (Wildman–Crippen MR) is 76.9 cm³/mol. The van der Waals surface area contributed by atoms with Crippen LogP contribution >= 0.6 is 0 Å². The van der Waals surface area contributed by atoms with Gasteiger partial charge in [-0.05, 0) is 20.8 Å². The number of carbonyl (C=O) groups is 2. The van der Waals surface area contributed by atoms with Gasteiger partial charge < -0.3 is 18.9 Å². The summed E-state index contributed by atoms with van der Waals surface area (Å²) in [5, 5.41) is 0. The van der Waals surface area contributed by atoms with Crippen molar-refractivity contribution in [1.82, 2.24) is 0 Å². The highest BCUT2D eigenvalue weighted by atomic mass is 16.8. The monoisotopic (exact) mass is 308 g/mol. The standard InChI is InChI=1S/C16H20O6/c1-4-19-14(17)12-13(15(18)20-5-2)22-16(21-12)11-8-6-10(3)7-9-11/h6-9,12-13,16H,4-5H2,1-3H3. The maximum absolute atomic E-state index is 12.0. The highest BCUT2D eigenvalue weighted by Gasteiger charge is 2.47. The summed E-state index contributed by atoms with van der Waals surface area (Å²) in [5.74, 6) is -1.26. The molecule has 0 aromatic heterocycles. The van der Waals surface area contributed by atoms with Gasteiger partial charge >= 0.3 is 11.9 Å². The Morgan fingerprint density at radius 3 is 1.82 bits per heavy atom. The first-order valence-corrected chi connectivity index (χ1v) is 7.27. The molecule has 0 N–H and O–H groups in total. The van der Waals surface area contributed by atoms with Gasteiger partial charge in [-0.2, -0.15) is 0 Å². The third kappa shape index (κ3) is 3.64. The highest BCUT2D eigenvalue weighted by Crippen LogP contribution is 2.32. The highest BCUT2D eigenvalue weighted by molar-refractivity contribution is 5.86. The van der Waals surface area contributed by atoms with Crippen molar-refractivity contribution in [2.45, 2.75) is 39.3 Å². The molecule has 6 nitrogen and oxygen atoms in total. The van der Waals surface area contributed by atoms with Crippen molar-refractivity contribution >= 4 is 11.9 Å². The molecule has 120 valence electrons. The minimum Gasteiger partial charge on any atom is -0.464 e. The van der Waals surface area contributed by atoms with E-state index in [9.17, 15) is 9.59 Å². The Balaban J connectivity index is 2.17. The van der Waals surface area contributed by atoms with Crippen molar-refractivity contribution in [3.63, 3.8) is 0 Å². The molecule has 0 radical (unpaired) electrons. The fraction of sp³-hybridized carbons (Fsp3) is 0.500. The second-order valence-corrected chi connectivity index (χ2v) is 4.86. The van der Waals surface area contributed by atoms with Crippen LogP contribution in [0, 0.1) is 6.92 Å². The summed E-state index contributed by atoms with van der Waals surface area (Å²) in [5.41, 5.74) is 1.82. The molecule has 1 saturated heterocycles. The van der Waals surface area contributed by atoms with E-state index >= 15 is 0 Å². The average molecular weight is 308 g/mol. The molecule has 0 amide bonds. The first-order chi connectivity index (χ1) is 10.6. The van der Waals surface area contributed by atoms with Crippen molar-refractivity contribution in [1.29, 1.82) is 0 Å². The van der Waals surface area contributed by atoms with Gasteiger partial charge in [-0.25, -0.2) is 9.59 Å². The molecule has 2 unspecified atom stereocenters. The molecule has 0 saturated carbocycles. The fourth-order valence-electron chi connectivity index (χ4n) is 2.13. The third-order valence-corrected chi connectivity index (χ3v) is 3.20. The Kier molecular flexibility index (Phi) is 5.51. The minimum absolute atomic E-state index is 0.198. The van der Waals surface area contributed by atoms with Crippen LogP contribution in [-0.4, -0.2) is 37.4 Å². The summed E-state index contributed by atoms with van der Waals surface area (Å²) in [7, 11) is 0. The van der Waals surface area contributed by atoms with Gasteiger partial charge in [0.15, 0.2) is 18.5 Å². The summed E-state index contributed by atoms with van der Waals surface area (Å²) in [4.78, 5) is 23.9. The Morgan fingerprint density at radius 2 is 1.41 bits per heavy atom. The van der Waals surface area contributed by atoms with Crippen molar-refractivity contribution in [3.05, 3.63) is 35.4 Å². The fourth-order valence-corrected chi connectivity index (χ4v) is 2.13. The molecule has 0 aliphatic carbocycles. The van der Waals surface area contributed by atoms with Crippen LogP contribution in [-0.2, 0) is 28.5 Å². The van der Waals surface area contributed by atoms with E-state index in [1.165, 1.54) is 0 Å². The molecule has 22 heavy (non-hydrogen) atoms. The number of rotatable bonds is 5. The zero-order chi connectivity index (χ0) is 16.1. The molecule has 0 bridgehead atoms. The molecule has 0 spiro atoms. The number of ether oxygens (including phenoxy) is 4. The number of hydrogen-bond acceptors (Lipinski definition) is 6. The molecule has 1 aromatic rings. The van der Waals surface area contributed by atoms with Crippen LogP contribution in [0.4, 0.5) is 0 Å². The lowest BCUT2D eigenvalue weighted by atomic mass is 10.1. The van der Waals surface area contributed by atoms with E-state index in [-0.39, 0.29) is 13.2 Å². The van der Waals surface area contributed by atoms with Crippen molar-refractivity contribution in [2.24, 2.45) is 0 Å². The van der Waals surface area contributed by atoms with Crippen LogP contribution < -0.4 is 0 Å². The molecule has 6 heteroatoms. The summed E-state index contributed by atoms with van der Waals surface area (Å²) in [6.07, 6.45) is -3.04. The molecule has 1 fully saturated rings. The molecular formula is C16H20O6. The van der Waals surface area contributed by atoms with Gasteiger partial charge in [0, 0.05) is 5.56 Å². The molecule has 2 atom stereocenters. The van der Waals surface area contributed by atoms with Crippen molar-refractivity contribution in [3.8, 4) is 0 Å². The smallest absolute Gasteiger partial charge is 0.338 e. The normalized spacial score (nSPS) is 24.0. The Hall–Kier alpha value is -1.92. The predicted octanol–water partition coefficient (Wildman–Crippen LogP) is 1.90. The van der Waals surface area contributed by atoms with Crippen LogP contribution in [0.3, 0.4) is 0 Å².